The average Bonchev–Trinajstić information content (AvgIpc) is 2.80. The highest BCUT2D eigenvalue weighted by molar-refractivity contribution is 5.88. The second-order valence-corrected chi connectivity index (χ2v) is 6.42. The first-order valence-electron chi connectivity index (χ1n) is 6.75. The van der Waals surface area contributed by atoms with Gasteiger partial charge in [-0.2, -0.15) is 0 Å². The summed E-state index contributed by atoms with van der Waals surface area (Å²) in [6, 6.07) is 3.79. The van der Waals surface area contributed by atoms with Crippen molar-refractivity contribution in [3.63, 3.8) is 0 Å². The Balaban J connectivity index is 1.98. The van der Waals surface area contributed by atoms with Gasteiger partial charge in [-0.3, -0.25) is 4.79 Å². The monoisotopic (exact) mass is 244 g/mol. The van der Waals surface area contributed by atoms with Crippen molar-refractivity contribution in [3.8, 4) is 0 Å². The number of allylic oxidation sites excluding steroid dienone is 1. The summed E-state index contributed by atoms with van der Waals surface area (Å²) in [5, 5.41) is 0. The molecule has 3 atom stereocenters. The largest absolute Gasteiger partial charge is 0.469 e. The molecule has 1 heterocycles. The molecule has 1 aromatic rings. The van der Waals surface area contributed by atoms with Crippen LogP contribution < -0.4 is 0 Å². The molecule has 96 valence electrons. The lowest BCUT2D eigenvalue weighted by Crippen LogP contribution is -2.43. The summed E-state index contributed by atoms with van der Waals surface area (Å²) in [5.41, 5.74) is 1.49. The van der Waals surface area contributed by atoms with Crippen LogP contribution in [0, 0.1) is 17.3 Å². The highest BCUT2D eigenvalue weighted by Gasteiger charge is 2.49. The van der Waals surface area contributed by atoms with Crippen LogP contribution in [0.2, 0.25) is 0 Å². The van der Waals surface area contributed by atoms with Gasteiger partial charge in [0.15, 0.2) is 0 Å². The van der Waals surface area contributed by atoms with E-state index in [0.717, 1.165) is 12.2 Å². The number of carbonyl (C=O) groups excluding carboxylic acids is 1. The second kappa shape index (κ2) is 3.84. The molecule has 3 rings (SSSR count). The Bertz CT molecular complexity index is 481. The predicted octanol–water partition coefficient (Wildman–Crippen LogP) is 3.94. The van der Waals surface area contributed by atoms with E-state index in [9.17, 15) is 4.79 Å². The summed E-state index contributed by atoms with van der Waals surface area (Å²) in [6.07, 6.45) is 4.52. The Morgan fingerprint density at radius 3 is 2.89 bits per heavy atom. The van der Waals surface area contributed by atoms with Crippen LogP contribution in [0.1, 0.15) is 44.8 Å². The molecule has 2 aliphatic rings. The van der Waals surface area contributed by atoms with Crippen LogP contribution >= 0.6 is 0 Å². The van der Waals surface area contributed by atoms with Gasteiger partial charge < -0.3 is 4.42 Å². The highest BCUT2D eigenvalue weighted by Crippen LogP contribution is 2.55. The summed E-state index contributed by atoms with van der Waals surface area (Å²) >= 11 is 0. The van der Waals surface area contributed by atoms with Crippen LogP contribution in [-0.2, 0) is 4.79 Å². The third kappa shape index (κ3) is 1.58. The van der Waals surface area contributed by atoms with E-state index in [-0.39, 0.29) is 17.3 Å². The normalized spacial score (nSPS) is 34.7. The molecule has 0 aliphatic heterocycles. The van der Waals surface area contributed by atoms with Crippen LogP contribution in [-0.4, -0.2) is 5.78 Å². The number of carbonyl (C=O) groups is 1. The first-order chi connectivity index (χ1) is 8.50. The number of hydrogen-bond donors (Lipinski definition) is 0. The molecular formula is C16H20O2. The Labute approximate surface area is 108 Å². The summed E-state index contributed by atoms with van der Waals surface area (Å²) in [4.78, 5) is 12.4. The van der Waals surface area contributed by atoms with E-state index in [2.05, 4.69) is 20.4 Å². The van der Waals surface area contributed by atoms with Gasteiger partial charge >= 0.3 is 0 Å². The van der Waals surface area contributed by atoms with Crippen molar-refractivity contribution in [1.29, 1.82) is 0 Å². The molecule has 18 heavy (non-hydrogen) atoms. The zero-order valence-electron chi connectivity index (χ0n) is 11.1. The Hall–Kier alpha value is -1.31. The Morgan fingerprint density at radius 1 is 1.44 bits per heavy atom. The second-order valence-electron chi connectivity index (χ2n) is 6.42. The smallest absolute Gasteiger partial charge is 0.144 e. The Kier molecular flexibility index (Phi) is 2.51. The molecule has 2 unspecified atom stereocenters. The summed E-state index contributed by atoms with van der Waals surface area (Å²) in [5.74, 6) is 1.72. The van der Waals surface area contributed by atoms with Crippen molar-refractivity contribution in [1.82, 2.24) is 0 Å². The van der Waals surface area contributed by atoms with Gasteiger partial charge in [0.25, 0.3) is 0 Å². The SMILES string of the molecule is C=C1C2CCC(C)(C)C1CC(=O)[C@@H]2c1ccco1. The molecule has 2 saturated carbocycles. The van der Waals surface area contributed by atoms with Crippen LogP contribution in [0.5, 0.6) is 0 Å². The molecule has 0 aromatic carbocycles. The van der Waals surface area contributed by atoms with Gasteiger partial charge in [0.05, 0.1) is 12.2 Å². The maximum absolute atomic E-state index is 12.4. The van der Waals surface area contributed by atoms with Gasteiger partial charge in [0.1, 0.15) is 11.5 Å². The summed E-state index contributed by atoms with van der Waals surface area (Å²) in [7, 11) is 0. The van der Waals surface area contributed by atoms with E-state index in [0.29, 0.717) is 18.1 Å². The van der Waals surface area contributed by atoms with E-state index in [4.69, 9.17) is 4.42 Å². The van der Waals surface area contributed by atoms with E-state index in [1.54, 1.807) is 6.26 Å². The number of rotatable bonds is 1. The molecule has 2 aliphatic carbocycles. The first kappa shape index (κ1) is 11.8. The van der Waals surface area contributed by atoms with Crippen molar-refractivity contribution < 1.29 is 9.21 Å². The van der Waals surface area contributed by atoms with Crippen LogP contribution in [0.25, 0.3) is 0 Å². The van der Waals surface area contributed by atoms with Gasteiger partial charge in [0, 0.05) is 6.42 Å². The molecule has 2 nitrogen and oxygen atoms in total. The van der Waals surface area contributed by atoms with Crippen molar-refractivity contribution in [2.24, 2.45) is 17.3 Å². The van der Waals surface area contributed by atoms with Gasteiger partial charge in [0.2, 0.25) is 0 Å². The first-order valence-corrected chi connectivity index (χ1v) is 6.75. The fraction of sp³-hybridized carbons (Fsp3) is 0.562. The maximum Gasteiger partial charge on any atom is 0.144 e. The minimum atomic E-state index is -0.0835. The maximum atomic E-state index is 12.4. The molecule has 2 heteroatoms. The van der Waals surface area contributed by atoms with Crippen LogP contribution in [0.4, 0.5) is 0 Å². The highest BCUT2D eigenvalue weighted by atomic mass is 16.3. The third-order valence-corrected chi connectivity index (χ3v) is 4.97. The van der Waals surface area contributed by atoms with Crippen molar-refractivity contribution in [2.75, 3.05) is 0 Å². The van der Waals surface area contributed by atoms with E-state index in [1.807, 2.05) is 12.1 Å². The number of furan rings is 1. The molecule has 1 aromatic heterocycles. The summed E-state index contributed by atoms with van der Waals surface area (Å²) < 4.78 is 5.47. The van der Waals surface area contributed by atoms with Crippen LogP contribution in [0.15, 0.2) is 35.0 Å². The number of Topliss-reactive ketones (excluding diaryl/α,β-unsaturated/α-hetero) is 1. The molecule has 0 radical (unpaired) electrons. The number of fused-ring (bicyclic) bond motifs is 2. The Morgan fingerprint density at radius 2 is 2.22 bits per heavy atom. The van der Waals surface area contributed by atoms with Crippen LogP contribution in [0.3, 0.4) is 0 Å². The predicted molar refractivity (Wildman–Crippen MR) is 70.2 cm³/mol. The van der Waals surface area contributed by atoms with Crippen molar-refractivity contribution in [3.05, 3.63) is 36.3 Å². The molecular weight excluding hydrogens is 224 g/mol. The number of ketones is 1. The van der Waals surface area contributed by atoms with E-state index < -0.39 is 0 Å². The van der Waals surface area contributed by atoms with Gasteiger partial charge in [-0.15, -0.1) is 0 Å². The zero-order valence-corrected chi connectivity index (χ0v) is 11.1. The average molecular weight is 244 g/mol. The zero-order chi connectivity index (χ0) is 12.9. The lowest BCUT2D eigenvalue weighted by Gasteiger charge is -2.49. The quantitative estimate of drug-likeness (QED) is 0.700. The van der Waals surface area contributed by atoms with Crippen molar-refractivity contribution in [2.45, 2.75) is 39.0 Å². The molecule has 0 saturated heterocycles. The molecule has 0 spiro atoms. The minimum absolute atomic E-state index is 0.0835. The fourth-order valence-corrected chi connectivity index (χ4v) is 3.81. The third-order valence-electron chi connectivity index (χ3n) is 4.97. The van der Waals surface area contributed by atoms with Crippen molar-refractivity contribution >= 4 is 5.78 Å². The number of hydrogen-bond acceptors (Lipinski definition) is 2. The molecule has 0 N–H and O–H groups in total. The standard InChI is InChI=1S/C16H20O2/c1-10-11-6-7-16(2,3)12(10)9-13(17)15(11)14-5-4-8-18-14/h4-5,8,11-12,15H,1,6-7,9H2,2-3H3/t11?,12?,15-/m1/s1. The topological polar surface area (TPSA) is 30.2 Å². The lowest BCUT2D eigenvalue weighted by atomic mass is 9.54. The van der Waals surface area contributed by atoms with E-state index >= 15 is 0 Å². The van der Waals surface area contributed by atoms with Gasteiger partial charge in [-0.1, -0.05) is 26.0 Å². The van der Waals surface area contributed by atoms with Gasteiger partial charge in [-0.25, -0.2) is 0 Å². The lowest BCUT2D eigenvalue weighted by molar-refractivity contribution is -0.126. The molecule has 0 amide bonds. The van der Waals surface area contributed by atoms with E-state index in [1.165, 1.54) is 12.0 Å². The van der Waals surface area contributed by atoms with Gasteiger partial charge in [-0.05, 0) is 42.2 Å². The fourth-order valence-electron chi connectivity index (χ4n) is 3.81. The minimum Gasteiger partial charge on any atom is -0.469 e. The molecule has 2 fully saturated rings. The molecule has 2 bridgehead atoms. The summed E-state index contributed by atoms with van der Waals surface area (Å²) in [6.45, 7) is 8.82.